The van der Waals surface area contributed by atoms with Crippen LogP contribution in [0.15, 0.2) is 39.9 Å². The molecule has 132 valence electrons. The molecule has 7 heteroatoms. The molecule has 4 rings (SSSR count). The lowest BCUT2D eigenvalue weighted by atomic mass is 9.82. The van der Waals surface area contributed by atoms with Crippen molar-refractivity contribution >= 4 is 22.0 Å². The van der Waals surface area contributed by atoms with E-state index in [1.165, 1.54) is 0 Å². The largest absolute Gasteiger partial charge is 0.462 e. The average molecular weight is 414 g/mol. The van der Waals surface area contributed by atoms with Crippen LogP contribution in [0.1, 0.15) is 30.5 Å². The highest BCUT2D eigenvalue weighted by Gasteiger charge is 2.47. The number of pyridine rings is 1. The molecule has 0 saturated carbocycles. The number of benzene rings is 1. The Kier molecular flexibility index (Phi) is 3.72. The summed E-state index contributed by atoms with van der Waals surface area (Å²) >= 11 is 3.45. The van der Waals surface area contributed by atoms with E-state index in [0.717, 1.165) is 21.2 Å². The predicted molar refractivity (Wildman–Crippen MR) is 100.0 cm³/mol. The summed E-state index contributed by atoms with van der Waals surface area (Å²) in [5, 5.41) is 9.85. The fraction of sp³-hybridized carbons (Fsp3) is 0.263. The fourth-order valence-corrected chi connectivity index (χ4v) is 3.34. The van der Waals surface area contributed by atoms with Gasteiger partial charge in [-0.25, -0.2) is 9.98 Å². The van der Waals surface area contributed by atoms with Gasteiger partial charge in [0.25, 0.3) is 6.02 Å². The van der Waals surface area contributed by atoms with Crippen LogP contribution in [0.2, 0.25) is 0 Å². The molecule has 0 radical (unpaired) electrons. The molecule has 3 heterocycles. The van der Waals surface area contributed by atoms with Gasteiger partial charge in [-0.15, -0.1) is 0 Å². The van der Waals surface area contributed by atoms with Gasteiger partial charge in [-0.1, -0.05) is 11.8 Å². The zero-order valence-corrected chi connectivity index (χ0v) is 15.8. The van der Waals surface area contributed by atoms with Crippen molar-refractivity contribution in [1.29, 1.82) is 0 Å². The van der Waals surface area contributed by atoms with Crippen molar-refractivity contribution in [1.82, 2.24) is 4.98 Å². The molecule has 0 amide bonds. The molecule has 3 N–H and O–H groups in total. The van der Waals surface area contributed by atoms with Crippen molar-refractivity contribution in [3.63, 3.8) is 0 Å². The van der Waals surface area contributed by atoms with E-state index in [1.54, 1.807) is 20.0 Å². The number of aliphatic hydroxyl groups is 1. The number of ether oxygens (including phenoxy) is 2. The normalized spacial score (nSPS) is 20.2. The van der Waals surface area contributed by atoms with E-state index >= 15 is 0 Å². The summed E-state index contributed by atoms with van der Waals surface area (Å²) in [6.45, 7) is 3.53. The number of aromatic nitrogens is 1. The van der Waals surface area contributed by atoms with Gasteiger partial charge < -0.3 is 20.3 Å². The minimum atomic E-state index is -1.08. The van der Waals surface area contributed by atoms with E-state index < -0.39 is 11.1 Å². The Morgan fingerprint density at radius 1 is 1.31 bits per heavy atom. The second-order valence-corrected chi connectivity index (χ2v) is 7.64. The van der Waals surface area contributed by atoms with Gasteiger partial charge in [-0.05, 0) is 54.0 Å². The lowest BCUT2D eigenvalue weighted by Crippen LogP contribution is -2.31. The van der Waals surface area contributed by atoms with Crippen LogP contribution in [0, 0.1) is 11.8 Å². The van der Waals surface area contributed by atoms with Crippen LogP contribution in [0.4, 0.5) is 0 Å². The van der Waals surface area contributed by atoms with E-state index in [1.807, 2.05) is 24.3 Å². The number of fused-ring (bicyclic) bond motifs is 4. The first-order chi connectivity index (χ1) is 12.3. The average Bonchev–Trinajstić information content (AvgIpc) is 2.96. The van der Waals surface area contributed by atoms with Crippen LogP contribution < -0.4 is 10.5 Å². The van der Waals surface area contributed by atoms with Crippen molar-refractivity contribution in [3.05, 3.63) is 51.6 Å². The van der Waals surface area contributed by atoms with Crippen LogP contribution in [-0.4, -0.2) is 28.3 Å². The summed E-state index contributed by atoms with van der Waals surface area (Å²) in [5.41, 5.74) is 6.23. The number of hydrogen-bond acceptors (Lipinski definition) is 6. The SMILES string of the molecule is CC(C)(O)C#Cc1ccc2c(c1)C1(COC(N)=N1)c1cc(Br)cnc1O2. The van der Waals surface area contributed by atoms with Gasteiger partial charge >= 0.3 is 0 Å². The summed E-state index contributed by atoms with van der Waals surface area (Å²) < 4.78 is 12.3. The van der Waals surface area contributed by atoms with Gasteiger partial charge in [0, 0.05) is 21.8 Å². The molecule has 2 aromatic rings. The van der Waals surface area contributed by atoms with Gasteiger partial charge in [-0.2, -0.15) is 0 Å². The Labute approximate surface area is 159 Å². The predicted octanol–water partition coefficient (Wildman–Crippen LogP) is 2.66. The summed E-state index contributed by atoms with van der Waals surface area (Å²) in [4.78, 5) is 8.94. The van der Waals surface area contributed by atoms with E-state index in [2.05, 4.69) is 37.7 Å². The van der Waals surface area contributed by atoms with Gasteiger partial charge in [0.1, 0.15) is 18.0 Å². The second-order valence-electron chi connectivity index (χ2n) is 6.73. The van der Waals surface area contributed by atoms with Gasteiger partial charge in [-0.3, -0.25) is 0 Å². The fourth-order valence-electron chi connectivity index (χ4n) is 3.01. The van der Waals surface area contributed by atoms with E-state index in [9.17, 15) is 5.11 Å². The standard InChI is InChI=1S/C19H16BrN3O3/c1-18(2,24)6-5-11-3-4-15-13(7-11)19(10-25-17(21)23-19)14-8-12(20)9-22-16(14)26-15/h3-4,7-9,24H,10H2,1-2H3,(H2,21,23). The number of nitrogens with two attached hydrogens (primary N) is 1. The second kappa shape index (κ2) is 5.73. The number of aliphatic imine (C=N–C) groups is 1. The highest BCUT2D eigenvalue weighted by Crippen LogP contribution is 2.50. The summed E-state index contributed by atoms with van der Waals surface area (Å²) in [7, 11) is 0. The highest BCUT2D eigenvalue weighted by molar-refractivity contribution is 9.10. The summed E-state index contributed by atoms with van der Waals surface area (Å²) in [6, 6.07) is 7.58. The van der Waals surface area contributed by atoms with Gasteiger partial charge in [0.05, 0.1) is 5.56 Å². The lowest BCUT2D eigenvalue weighted by Gasteiger charge is -2.32. The molecular weight excluding hydrogens is 398 g/mol. The zero-order chi connectivity index (χ0) is 18.5. The number of halogens is 1. The van der Waals surface area contributed by atoms with Crippen molar-refractivity contribution in [3.8, 4) is 23.5 Å². The van der Waals surface area contributed by atoms with Crippen LogP contribution in [-0.2, 0) is 10.3 Å². The summed E-state index contributed by atoms with van der Waals surface area (Å²) in [6.07, 6.45) is 1.67. The van der Waals surface area contributed by atoms with Crippen LogP contribution in [0.5, 0.6) is 11.6 Å². The third-order valence-corrected chi connectivity index (χ3v) is 4.57. The molecule has 0 saturated heterocycles. The van der Waals surface area contributed by atoms with Gasteiger partial charge in [0.15, 0.2) is 5.54 Å². The smallest absolute Gasteiger partial charge is 0.283 e. The quantitative estimate of drug-likeness (QED) is 0.647. The molecular formula is C19H16BrN3O3. The maximum atomic E-state index is 9.85. The number of rotatable bonds is 0. The third-order valence-electron chi connectivity index (χ3n) is 4.14. The molecule has 26 heavy (non-hydrogen) atoms. The topological polar surface area (TPSA) is 90.0 Å². The van der Waals surface area contributed by atoms with Gasteiger partial charge in [0.2, 0.25) is 5.88 Å². The maximum Gasteiger partial charge on any atom is 0.283 e. The first-order valence-electron chi connectivity index (χ1n) is 7.99. The number of amidine groups is 1. The van der Waals surface area contributed by atoms with E-state index in [0.29, 0.717) is 11.6 Å². The lowest BCUT2D eigenvalue weighted by molar-refractivity contribution is 0.143. The molecule has 0 aliphatic carbocycles. The van der Waals surface area contributed by atoms with Crippen LogP contribution >= 0.6 is 15.9 Å². The Morgan fingerprint density at radius 3 is 2.81 bits per heavy atom. The Hall–Kier alpha value is -2.56. The third kappa shape index (κ3) is 2.81. The van der Waals surface area contributed by atoms with Crippen molar-refractivity contribution in [2.24, 2.45) is 10.7 Å². The Bertz CT molecular complexity index is 1000. The van der Waals surface area contributed by atoms with Crippen molar-refractivity contribution in [2.75, 3.05) is 6.61 Å². The maximum absolute atomic E-state index is 9.85. The number of hydrogen-bond donors (Lipinski definition) is 2. The van der Waals surface area contributed by atoms with E-state index in [4.69, 9.17) is 15.2 Å². The Balaban J connectivity index is 1.92. The first kappa shape index (κ1) is 16.9. The molecule has 2 aliphatic rings. The molecule has 1 aromatic heterocycles. The van der Waals surface area contributed by atoms with Crippen LogP contribution in [0.25, 0.3) is 0 Å². The molecule has 0 bridgehead atoms. The Morgan fingerprint density at radius 2 is 2.12 bits per heavy atom. The molecule has 2 aliphatic heterocycles. The minimum Gasteiger partial charge on any atom is -0.462 e. The molecule has 1 atom stereocenters. The number of nitrogens with zero attached hydrogens (tertiary/aromatic N) is 2. The minimum absolute atomic E-state index is 0.122. The zero-order valence-electron chi connectivity index (χ0n) is 14.2. The molecule has 1 spiro atoms. The van der Waals surface area contributed by atoms with E-state index in [-0.39, 0.29) is 12.6 Å². The molecule has 1 unspecified atom stereocenters. The van der Waals surface area contributed by atoms with Crippen LogP contribution in [0.3, 0.4) is 0 Å². The molecule has 1 aromatic carbocycles. The molecule has 0 fully saturated rings. The first-order valence-corrected chi connectivity index (χ1v) is 8.78. The van der Waals surface area contributed by atoms with Crippen molar-refractivity contribution < 1.29 is 14.6 Å². The van der Waals surface area contributed by atoms with Crippen molar-refractivity contribution in [2.45, 2.75) is 25.0 Å². The monoisotopic (exact) mass is 413 g/mol. The summed E-state index contributed by atoms with van der Waals surface area (Å²) in [5.74, 6) is 6.90. The molecule has 6 nitrogen and oxygen atoms in total. The highest BCUT2D eigenvalue weighted by atomic mass is 79.9.